The minimum Gasteiger partial charge on any atom is -0.495 e. The molecule has 3 atom stereocenters. The summed E-state index contributed by atoms with van der Waals surface area (Å²) >= 11 is 13.5. The molecule has 11 nitrogen and oxygen atoms in total. The number of fused-ring (bicyclic) bond motifs is 1. The number of aliphatic hydroxyl groups is 1. The zero-order valence-electron chi connectivity index (χ0n) is 24.3. The summed E-state index contributed by atoms with van der Waals surface area (Å²) in [5, 5.41) is 24.7. The first kappa shape index (κ1) is 32.0. The number of benzene rings is 1. The maximum Gasteiger partial charge on any atom is 0.223 e. The highest BCUT2D eigenvalue weighted by molar-refractivity contribution is 6.41. The van der Waals surface area contributed by atoms with Gasteiger partial charge in [0, 0.05) is 35.8 Å². The summed E-state index contributed by atoms with van der Waals surface area (Å²) in [6, 6.07) is 3.62. The number of methoxy groups -OCH3 is 2. The number of anilines is 2. The van der Waals surface area contributed by atoms with Gasteiger partial charge in [-0.25, -0.2) is 15.0 Å². The van der Waals surface area contributed by atoms with Crippen LogP contribution in [0.15, 0.2) is 31.0 Å². The molecule has 0 amide bonds. The first-order valence-electron chi connectivity index (χ1n) is 13.9. The van der Waals surface area contributed by atoms with E-state index in [0.717, 1.165) is 24.8 Å². The van der Waals surface area contributed by atoms with Crippen molar-refractivity contribution in [2.75, 3.05) is 51.2 Å². The van der Waals surface area contributed by atoms with Crippen LogP contribution in [-0.2, 0) is 4.74 Å². The number of rotatable bonds is 15. The Bertz CT molecular complexity index is 1350. The van der Waals surface area contributed by atoms with Crippen molar-refractivity contribution < 1.29 is 19.3 Å². The van der Waals surface area contributed by atoms with E-state index in [4.69, 9.17) is 47.4 Å². The van der Waals surface area contributed by atoms with Crippen LogP contribution in [0.2, 0.25) is 10.0 Å². The number of halogens is 2. The summed E-state index contributed by atoms with van der Waals surface area (Å²) in [6.45, 7) is 10.4. The molecule has 0 aliphatic carbocycles. The molecular formula is C29H39Cl2N7O4. The van der Waals surface area contributed by atoms with Crippen molar-refractivity contribution in [2.24, 2.45) is 0 Å². The Morgan fingerprint density at radius 1 is 1.07 bits per heavy atom. The lowest BCUT2D eigenvalue weighted by molar-refractivity contribution is 0.149. The summed E-state index contributed by atoms with van der Waals surface area (Å²) in [7, 11) is 3.06. The highest BCUT2D eigenvalue weighted by atomic mass is 35.5. The lowest BCUT2D eigenvalue weighted by Crippen LogP contribution is -2.47. The normalized spacial score (nSPS) is 17.4. The minimum atomic E-state index is -0.846. The Balaban J connectivity index is 1.69. The molecule has 0 saturated carbocycles. The Hall–Kier alpha value is -2.93. The van der Waals surface area contributed by atoms with E-state index in [1.807, 2.05) is 6.07 Å². The van der Waals surface area contributed by atoms with Crippen LogP contribution in [-0.4, -0.2) is 84.9 Å². The number of unbranched alkanes of at least 4 members (excludes halogenated alkanes) is 1. The Morgan fingerprint density at radius 2 is 1.76 bits per heavy atom. The molecule has 2 aromatic heterocycles. The Kier molecular flexibility index (Phi) is 11.4. The highest BCUT2D eigenvalue weighted by Crippen LogP contribution is 2.46. The predicted molar refractivity (Wildman–Crippen MR) is 168 cm³/mol. The molecule has 228 valence electrons. The second kappa shape index (κ2) is 15.0. The lowest BCUT2D eigenvalue weighted by atomic mass is 10.1. The van der Waals surface area contributed by atoms with Gasteiger partial charge in [-0.1, -0.05) is 43.6 Å². The van der Waals surface area contributed by atoms with Gasteiger partial charge in [-0.3, -0.25) is 5.32 Å². The second-order valence-electron chi connectivity index (χ2n) is 10.3. The third-order valence-corrected chi connectivity index (χ3v) is 7.60. The van der Waals surface area contributed by atoms with E-state index < -0.39 is 6.23 Å². The molecular weight excluding hydrogens is 581 g/mol. The lowest BCUT2D eigenvalue weighted by Gasteiger charge is -2.22. The van der Waals surface area contributed by atoms with Gasteiger partial charge in [0.15, 0.2) is 5.82 Å². The molecule has 42 heavy (non-hydrogen) atoms. The van der Waals surface area contributed by atoms with Gasteiger partial charge in [-0.2, -0.15) is 0 Å². The smallest absolute Gasteiger partial charge is 0.223 e. The van der Waals surface area contributed by atoms with Crippen LogP contribution >= 0.6 is 23.2 Å². The molecule has 0 bridgehead atoms. The van der Waals surface area contributed by atoms with Crippen molar-refractivity contribution >= 4 is 45.9 Å². The van der Waals surface area contributed by atoms with Gasteiger partial charge in [0.25, 0.3) is 0 Å². The zero-order valence-corrected chi connectivity index (χ0v) is 25.8. The number of aliphatic hydroxyl groups excluding tert-OH is 1. The van der Waals surface area contributed by atoms with E-state index in [2.05, 4.69) is 46.7 Å². The number of nitrogens with one attached hydrogen (secondary N) is 4. The topological polar surface area (TPSA) is 135 Å². The summed E-state index contributed by atoms with van der Waals surface area (Å²) in [6.07, 6.45) is 4.24. The average Bonchev–Trinajstić information content (AvgIpc) is 3.40. The van der Waals surface area contributed by atoms with E-state index in [1.165, 1.54) is 20.3 Å². The first-order valence-corrected chi connectivity index (χ1v) is 14.7. The number of pyridine rings is 1. The molecule has 0 spiro atoms. The summed E-state index contributed by atoms with van der Waals surface area (Å²) in [5.41, 5.74) is 1.64. The first-order chi connectivity index (χ1) is 20.2. The third-order valence-electron chi connectivity index (χ3n) is 6.85. The zero-order chi connectivity index (χ0) is 30.2. The fourth-order valence-corrected chi connectivity index (χ4v) is 5.33. The van der Waals surface area contributed by atoms with Gasteiger partial charge >= 0.3 is 0 Å². The number of hydrogen-bond donors (Lipinski definition) is 5. The van der Waals surface area contributed by atoms with Gasteiger partial charge in [0.2, 0.25) is 5.95 Å². The maximum absolute atomic E-state index is 9.97. The molecule has 4 rings (SSSR count). The van der Waals surface area contributed by atoms with Crippen LogP contribution in [0.4, 0.5) is 11.8 Å². The van der Waals surface area contributed by atoms with Gasteiger partial charge in [-0.05, 0) is 31.5 Å². The van der Waals surface area contributed by atoms with Crippen LogP contribution in [0.5, 0.6) is 11.5 Å². The second-order valence-corrected chi connectivity index (χ2v) is 11.0. The largest absolute Gasteiger partial charge is 0.495 e. The average molecular weight is 621 g/mol. The van der Waals surface area contributed by atoms with Crippen LogP contribution < -0.4 is 30.7 Å². The molecule has 1 fully saturated rings. The van der Waals surface area contributed by atoms with Crippen LogP contribution in [0.1, 0.15) is 26.7 Å². The Morgan fingerprint density at radius 3 is 2.43 bits per heavy atom. The summed E-state index contributed by atoms with van der Waals surface area (Å²) < 4.78 is 16.6. The fourth-order valence-electron chi connectivity index (χ4n) is 4.63. The minimum absolute atomic E-state index is 0.151. The van der Waals surface area contributed by atoms with Crippen molar-refractivity contribution in [1.29, 1.82) is 0 Å². The molecule has 3 aromatic rings. The summed E-state index contributed by atoms with van der Waals surface area (Å²) in [4.78, 5) is 14.3. The van der Waals surface area contributed by atoms with E-state index in [1.54, 1.807) is 12.3 Å². The van der Waals surface area contributed by atoms with Crippen molar-refractivity contribution in [3.8, 4) is 22.8 Å². The molecule has 5 N–H and O–H groups in total. The Labute approximate surface area is 256 Å². The molecule has 1 aliphatic heterocycles. The van der Waals surface area contributed by atoms with E-state index >= 15 is 0 Å². The van der Waals surface area contributed by atoms with Gasteiger partial charge in [0.1, 0.15) is 23.2 Å². The third kappa shape index (κ3) is 7.71. The van der Waals surface area contributed by atoms with Gasteiger partial charge in [-0.15, -0.1) is 0 Å². The highest BCUT2D eigenvalue weighted by Gasteiger charge is 2.30. The number of ether oxygens (including phenoxy) is 3. The fraction of sp³-hybridized carbons (Fsp3) is 0.483. The number of aromatic nitrogens is 3. The quantitative estimate of drug-likeness (QED) is 0.0936. The molecule has 1 unspecified atom stereocenters. The molecule has 1 saturated heterocycles. The molecule has 13 heteroatoms. The SMILES string of the molecule is C=CC(O)N[C@H]1COC[C@H]1Nc1ncc2cc(-c3c(Cl)c(OC)cc(OC)c3Cl)nc(NCCCCNC(C)C)c2n1. The molecule has 1 aromatic carbocycles. The number of nitrogens with zero attached hydrogens (tertiary/aromatic N) is 3. The standard InChI is InChI=1S/C29H39Cl2N7O4/c1-6-23(39)35-19-14-42-15-20(19)37-29-34-13-17-11-18(24-25(30)21(40-4)12-22(41-5)26(24)31)36-28(27(17)38-29)33-10-8-7-9-32-16(2)3/h6,11-13,16,19-20,23,32,35,39H,1,7-10,14-15H2,2-5H3,(H,33,36)(H,34,37,38)/t19-,20+,23?/m0/s1. The number of hydrogen-bond acceptors (Lipinski definition) is 11. The van der Waals surface area contributed by atoms with Gasteiger partial charge < -0.3 is 35.3 Å². The monoisotopic (exact) mass is 619 g/mol. The van der Waals surface area contributed by atoms with Crippen molar-refractivity contribution in [3.05, 3.63) is 41.0 Å². The van der Waals surface area contributed by atoms with E-state index in [-0.39, 0.29) is 12.1 Å². The van der Waals surface area contributed by atoms with Crippen molar-refractivity contribution in [2.45, 2.75) is 51.0 Å². The molecule has 0 radical (unpaired) electrons. The summed E-state index contributed by atoms with van der Waals surface area (Å²) in [5.74, 6) is 1.82. The van der Waals surface area contributed by atoms with Crippen molar-refractivity contribution in [1.82, 2.24) is 25.6 Å². The van der Waals surface area contributed by atoms with Crippen LogP contribution in [0.3, 0.4) is 0 Å². The van der Waals surface area contributed by atoms with E-state index in [9.17, 15) is 5.11 Å². The van der Waals surface area contributed by atoms with Crippen LogP contribution in [0.25, 0.3) is 22.2 Å². The van der Waals surface area contributed by atoms with Crippen LogP contribution in [0, 0.1) is 0 Å². The maximum atomic E-state index is 9.97. The van der Waals surface area contributed by atoms with E-state index in [0.29, 0.717) is 75.9 Å². The molecule has 1 aliphatic rings. The van der Waals surface area contributed by atoms with Gasteiger partial charge in [0.05, 0.1) is 55.3 Å². The predicted octanol–water partition coefficient (Wildman–Crippen LogP) is 4.48. The molecule has 3 heterocycles. The van der Waals surface area contributed by atoms with Crippen molar-refractivity contribution in [3.63, 3.8) is 0 Å².